The number of hydrogen-bond acceptors (Lipinski definition) is 4. The van der Waals surface area contributed by atoms with E-state index in [0.29, 0.717) is 24.2 Å². The number of aliphatic hydroxyl groups excluding tert-OH is 2. The fourth-order valence-corrected chi connectivity index (χ4v) is 9.01. The number of carbonyl (C=O) groups excluding carboxylic acids is 1. The molecule has 4 heteroatoms. The van der Waals surface area contributed by atoms with Crippen molar-refractivity contribution in [1.82, 2.24) is 0 Å². The van der Waals surface area contributed by atoms with Gasteiger partial charge >= 0.3 is 5.97 Å². The van der Waals surface area contributed by atoms with Gasteiger partial charge in [-0.15, -0.1) is 0 Å². The maximum absolute atomic E-state index is 12.5. The van der Waals surface area contributed by atoms with Crippen LogP contribution in [-0.4, -0.2) is 35.5 Å². The van der Waals surface area contributed by atoms with Gasteiger partial charge in [0.15, 0.2) is 0 Å². The van der Waals surface area contributed by atoms with Gasteiger partial charge in [0.2, 0.25) is 0 Å². The molecular weight excluding hydrogens is 520 g/mol. The number of rotatable bonds is 17. The summed E-state index contributed by atoms with van der Waals surface area (Å²) in [6.45, 7) is 9.83. The molecule has 0 bridgehead atoms. The Morgan fingerprint density at radius 1 is 0.929 bits per heavy atom. The summed E-state index contributed by atoms with van der Waals surface area (Å²) in [6.07, 6.45) is 31.1. The van der Waals surface area contributed by atoms with E-state index in [9.17, 15) is 15.0 Å². The largest absolute Gasteiger partial charge is 0.461 e. The van der Waals surface area contributed by atoms with Crippen LogP contribution in [0.5, 0.6) is 0 Å². The molecule has 3 rings (SSSR count). The summed E-state index contributed by atoms with van der Waals surface area (Å²) in [5.41, 5.74) is 0.985. The number of fused-ring (bicyclic) bond motifs is 3. The minimum absolute atomic E-state index is 0.0370. The minimum atomic E-state index is -0.593. The van der Waals surface area contributed by atoms with E-state index in [-0.39, 0.29) is 30.5 Å². The first-order chi connectivity index (χ1) is 20.2. The molecule has 0 radical (unpaired) electrons. The summed E-state index contributed by atoms with van der Waals surface area (Å²) in [5, 5.41) is 22.2. The summed E-state index contributed by atoms with van der Waals surface area (Å²) in [7, 11) is 0. The Morgan fingerprint density at radius 3 is 2.33 bits per heavy atom. The SMILES string of the molecule is CCCCCC=CCC=CCCCCCCCC(=O)OCC1=CCC2C3(C)CCCC(C)(C)C3CCC2(CO)C(O)C1. The molecule has 3 aliphatic rings. The Hall–Kier alpha value is -1.39. The Bertz CT molecular complexity index is 901. The highest BCUT2D eigenvalue weighted by atomic mass is 16.5. The van der Waals surface area contributed by atoms with Crippen LogP contribution in [0.15, 0.2) is 36.0 Å². The molecule has 3 aliphatic carbocycles. The molecule has 0 saturated heterocycles. The van der Waals surface area contributed by atoms with Crippen molar-refractivity contribution in [1.29, 1.82) is 0 Å². The highest BCUT2D eigenvalue weighted by Crippen LogP contribution is 2.66. The smallest absolute Gasteiger partial charge is 0.306 e. The van der Waals surface area contributed by atoms with Crippen molar-refractivity contribution < 1.29 is 19.7 Å². The maximum Gasteiger partial charge on any atom is 0.306 e. The number of esters is 1. The van der Waals surface area contributed by atoms with Crippen LogP contribution in [0.3, 0.4) is 0 Å². The Balaban J connectivity index is 1.34. The molecule has 2 N–H and O–H groups in total. The molecule has 2 saturated carbocycles. The van der Waals surface area contributed by atoms with Crippen molar-refractivity contribution in [3.05, 3.63) is 36.0 Å². The molecule has 5 unspecified atom stereocenters. The third kappa shape index (κ3) is 9.31. The Labute approximate surface area is 258 Å². The molecule has 0 aromatic heterocycles. The van der Waals surface area contributed by atoms with Crippen molar-refractivity contribution in [2.24, 2.45) is 28.1 Å². The molecule has 0 heterocycles. The predicted octanol–water partition coefficient (Wildman–Crippen LogP) is 9.65. The zero-order valence-corrected chi connectivity index (χ0v) is 27.7. The summed E-state index contributed by atoms with van der Waals surface area (Å²) in [6, 6.07) is 0. The fraction of sp³-hybridized carbons (Fsp3) is 0.816. The van der Waals surface area contributed by atoms with Gasteiger partial charge in [-0.1, -0.05) is 96.6 Å². The lowest BCUT2D eigenvalue weighted by atomic mass is 9.42. The number of aliphatic hydroxyl groups is 2. The number of hydrogen-bond donors (Lipinski definition) is 2. The molecule has 42 heavy (non-hydrogen) atoms. The number of ether oxygens (including phenoxy) is 1. The van der Waals surface area contributed by atoms with Gasteiger partial charge in [0.05, 0.1) is 12.7 Å². The first-order valence-corrected chi connectivity index (χ1v) is 17.6. The van der Waals surface area contributed by atoms with Crippen molar-refractivity contribution >= 4 is 5.97 Å². The topological polar surface area (TPSA) is 66.8 Å². The molecule has 0 amide bonds. The second-order valence-electron chi connectivity index (χ2n) is 14.8. The lowest BCUT2D eigenvalue weighted by Gasteiger charge is -2.63. The van der Waals surface area contributed by atoms with E-state index in [1.165, 1.54) is 57.8 Å². The van der Waals surface area contributed by atoms with Crippen molar-refractivity contribution in [2.45, 2.75) is 156 Å². The van der Waals surface area contributed by atoms with Crippen LogP contribution in [0.4, 0.5) is 0 Å². The third-order valence-electron chi connectivity index (χ3n) is 11.5. The van der Waals surface area contributed by atoms with Gasteiger partial charge in [-0.05, 0) is 105 Å². The van der Waals surface area contributed by atoms with Crippen LogP contribution in [0.25, 0.3) is 0 Å². The van der Waals surface area contributed by atoms with E-state index in [0.717, 1.165) is 56.9 Å². The van der Waals surface area contributed by atoms with Crippen LogP contribution in [0, 0.1) is 28.1 Å². The standard InChI is InChI=1S/C38H64O4/c1-5-6-7-8-9-10-11-12-13-14-15-16-17-18-19-21-35(41)42-29-31-22-23-33-37(4)26-20-25-36(2,3)32(37)24-27-38(33,30-39)34(40)28-31/h9-10,12-13,22,32-34,39-40H,5-8,11,14-21,23-30H2,1-4H3. The lowest BCUT2D eigenvalue weighted by molar-refractivity contribution is -0.181. The zero-order chi connectivity index (χ0) is 30.5. The summed E-state index contributed by atoms with van der Waals surface area (Å²) in [5.74, 6) is 0.743. The molecule has 240 valence electrons. The van der Waals surface area contributed by atoms with E-state index >= 15 is 0 Å². The van der Waals surface area contributed by atoms with E-state index in [1.54, 1.807) is 0 Å². The maximum atomic E-state index is 12.5. The average molecular weight is 585 g/mol. The average Bonchev–Trinajstić information content (AvgIpc) is 3.10. The second kappa shape index (κ2) is 17.2. The normalized spacial score (nSPS) is 31.0. The summed E-state index contributed by atoms with van der Waals surface area (Å²) >= 11 is 0. The van der Waals surface area contributed by atoms with Crippen LogP contribution in [0.1, 0.15) is 150 Å². The van der Waals surface area contributed by atoms with Gasteiger partial charge in [-0.2, -0.15) is 0 Å². The molecular formula is C38H64O4. The highest BCUT2D eigenvalue weighted by Gasteiger charge is 2.61. The first-order valence-electron chi connectivity index (χ1n) is 17.6. The molecule has 5 atom stereocenters. The van der Waals surface area contributed by atoms with E-state index < -0.39 is 11.5 Å². The molecule has 0 aromatic rings. The van der Waals surface area contributed by atoms with E-state index in [1.807, 2.05) is 0 Å². The second-order valence-corrected chi connectivity index (χ2v) is 14.8. The Kier molecular flexibility index (Phi) is 14.4. The van der Waals surface area contributed by atoms with Crippen molar-refractivity contribution in [2.75, 3.05) is 13.2 Å². The first kappa shape index (κ1) is 35.1. The molecule has 0 aromatic carbocycles. The summed E-state index contributed by atoms with van der Waals surface area (Å²) in [4.78, 5) is 12.5. The van der Waals surface area contributed by atoms with Gasteiger partial charge in [-0.3, -0.25) is 4.79 Å². The van der Waals surface area contributed by atoms with Gasteiger partial charge in [-0.25, -0.2) is 0 Å². The quantitative estimate of drug-likeness (QED) is 0.101. The van der Waals surface area contributed by atoms with Crippen molar-refractivity contribution in [3.63, 3.8) is 0 Å². The minimum Gasteiger partial charge on any atom is -0.461 e. The van der Waals surface area contributed by atoms with Crippen LogP contribution < -0.4 is 0 Å². The van der Waals surface area contributed by atoms with Gasteiger partial charge in [0.1, 0.15) is 6.61 Å². The molecule has 0 aliphatic heterocycles. The third-order valence-corrected chi connectivity index (χ3v) is 11.5. The van der Waals surface area contributed by atoms with Gasteiger partial charge in [0, 0.05) is 11.8 Å². The number of carbonyl (C=O) groups is 1. The van der Waals surface area contributed by atoms with Crippen LogP contribution in [0.2, 0.25) is 0 Å². The number of unbranched alkanes of at least 4 members (excludes halogenated alkanes) is 8. The lowest BCUT2D eigenvalue weighted by Crippen LogP contribution is -2.59. The molecule has 4 nitrogen and oxygen atoms in total. The fourth-order valence-electron chi connectivity index (χ4n) is 9.01. The van der Waals surface area contributed by atoms with E-state index in [4.69, 9.17) is 4.74 Å². The van der Waals surface area contributed by atoms with Crippen molar-refractivity contribution in [3.8, 4) is 0 Å². The predicted molar refractivity (Wildman–Crippen MR) is 175 cm³/mol. The van der Waals surface area contributed by atoms with Gasteiger partial charge in [0.25, 0.3) is 0 Å². The highest BCUT2D eigenvalue weighted by molar-refractivity contribution is 5.69. The molecule has 0 spiro atoms. The number of allylic oxidation sites excluding steroid dienone is 5. The van der Waals surface area contributed by atoms with Crippen LogP contribution >= 0.6 is 0 Å². The molecule has 2 fully saturated rings. The monoisotopic (exact) mass is 584 g/mol. The van der Waals surface area contributed by atoms with Gasteiger partial charge < -0.3 is 14.9 Å². The van der Waals surface area contributed by atoms with E-state index in [2.05, 4.69) is 58.1 Å². The zero-order valence-electron chi connectivity index (χ0n) is 27.7. The Morgan fingerprint density at radius 2 is 1.62 bits per heavy atom. The summed E-state index contributed by atoms with van der Waals surface area (Å²) < 4.78 is 5.69. The van der Waals surface area contributed by atoms with Crippen LogP contribution in [-0.2, 0) is 9.53 Å².